The van der Waals surface area contributed by atoms with Gasteiger partial charge in [0.05, 0.1) is 33.3 Å². The number of methoxy groups -OCH3 is 1. The fourth-order valence-electron chi connectivity index (χ4n) is 10.3. The lowest BCUT2D eigenvalue weighted by molar-refractivity contribution is -0.157. The number of amides is 6. The van der Waals surface area contributed by atoms with Crippen LogP contribution in [0.15, 0.2) is 91.0 Å². The van der Waals surface area contributed by atoms with E-state index in [2.05, 4.69) is 21.3 Å². The number of nitrogens with one attached hydrogen (secondary N) is 2. The van der Waals surface area contributed by atoms with E-state index in [0.29, 0.717) is 63.2 Å². The number of fused-ring (bicyclic) bond motifs is 8. The van der Waals surface area contributed by atoms with Gasteiger partial charge in [0.2, 0.25) is 23.6 Å². The van der Waals surface area contributed by atoms with Gasteiger partial charge in [0.25, 0.3) is 11.8 Å². The van der Waals surface area contributed by atoms with Crippen LogP contribution in [-0.4, -0.2) is 120 Å². The lowest BCUT2D eigenvalue weighted by Gasteiger charge is -2.43. The molecule has 4 N–H and O–H groups in total. The first-order valence-electron chi connectivity index (χ1n) is 23.0. The van der Waals surface area contributed by atoms with Gasteiger partial charge < -0.3 is 33.5 Å². The molecule has 4 aliphatic rings. The van der Waals surface area contributed by atoms with Crippen LogP contribution in [0.2, 0.25) is 0 Å². The molecule has 2 fully saturated rings. The van der Waals surface area contributed by atoms with Gasteiger partial charge in [0, 0.05) is 83.3 Å². The second-order valence-corrected chi connectivity index (χ2v) is 17.7. The Balaban J connectivity index is 0.000000170. The molecule has 0 spiro atoms. The molecule has 352 valence electrons. The Morgan fingerprint density at radius 3 is 1.51 bits per heavy atom. The molecular formula is C51H54N8O9. The quantitative estimate of drug-likeness (QED) is 0.106. The molecule has 68 heavy (non-hydrogen) atoms. The first-order valence-corrected chi connectivity index (χ1v) is 23.0. The summed E-state index contributed by atoms with van der Waals surface area (Å²) in [7, 11) is 1.63. The van der Waals surface area contributed by atoms with Gasteiger partial charge >= 0.3 is 0 Å². The summed E-state index contributed by atoms with van der Waals surface area (Å²) in [6.45, 7) is 7.35. The highest BCUT2D eigenvalue weighted by molar-refractivity contribution is 5.99. The van der Waals surface area contributed by atoms with Crippen molar-refractivity contribution in [3.8, 4) is 5.75 Å². The zero-order valence-corrected chi connectivity index (χ0v) is 38.2. The SMILES string of the molecule is CCCN1CC(=O)N2Cc3c(c4cc(OC)ccc4n3Cc3ccc(C(=O)NO)cc3)CC2C1=O.CCCN1CC(=O)N2Cc3c(c4ccccc4n3Cc3ccc(C(=O)NO)cc3)CC2C1=O. The molecule has 0 saturated carbocycles. The Morgan fingerprint density at radius 2 is 1.06 bits per heavy atom. The van der Waals surface area contributed by atoms with Crippen molar-refractivity contribution in [1.29, 1.82) is 0 Å². The van der Waals surface area contributed by atoms with Crippen LogP contribution in [0.4, 0.5) is 0 Å². The highest BCUT2D eigenvalue weighted by Crippen LogP contribution is 2.38. The molecule has 6 heterocycles. The summed E-state index contributed by atoms with van der Waals surface area (Å²) in [5, 5.41) is 19.8. The average molecular weight is 923 g/mol. The monoisotopic (exact) mass is 922 g/mol. The summed E-state index contributed by atoms with van der Waals surface area (Å²) < 4.78 is 9.86. The number of rotatable bonds is 11. The van der Waals surface area contributed by atoms with Gasteiger partial charge in [0.1, 0.15) is 17.8 Å². The van der Waals surface area contributed by atoms with Crippen LogP contribution in [0.1, 0.15) is 81.0 Å². The second-order valence-electron chi connectivity index (χ2n) is 17.7. The smallest absolute Gasteiger partial charge is 0.274 e. The summed E-state index contributed by atoms with van der Waals surface area (Å²) in [6, 6.07) is 27.2. The number of piperazine rings is 2. The molecule has 4 aliphatic heterocycles. The van der Waals surface area contributed by atoms with Crippen LogP contribution in [0.3, 0.4) is 0 Å². The van der Waals surface area contributed by atoms with Crippen LogP contribution in [0.25, 0.3) is 21.8 Å². The molecule has 17 nitrogen and oxygen atoms in total. The Hall–Kier alpha value is -7.50. The van der Waals surface area contributed by atoms with E-state index in [1.807, 2.05) is 68.4 Å². The number of hydroxylamine groups is 2. The molecule has 2 unspecified atom stereocenters. The number of nitrogens with zero attached hydrogens (tertiary/aromatic N) is 6. The number of aromatic nitrogens is 2. The lowest BCUT2D eigenvalue weighted by atomic mass is 9.93. The van der Waals surface area contributed by atoms with Gasteiger partial charge in [-0.1, -0.05) is 56.3 Å². The number of hydrogen-bond acceptors (Lipinski definition) is 9. The molecule has 4 aromatic carbocycles. The van der Waals surface area contributed by atoms with Crippen molar-refractivity contribution in [3.63, 3.8) is 0 Å². The number of para-hydroxylation sites is 1. The van der Waals surface area contributed by atoms with Crippen molar-refractivity contribution in [1.82, 2.24) is 39.7 Å². The van der Waals surface area contributed by atoms with E-state index in [-0.39, 0.29) is 36.7 Å². The molecule has 6 amide bonds. The zero-order valence-electron chi connectivity index (χ0n) is 38.2. The number of carbonyl (C=O) groups excluding carboxylic acids is 6. The van der Waals surface area contributed by atoms with E-state index in [9.17, 15) is 28.8 Å². The normalized spacial score (nSPS) is 17.6. The van der Waals surface area contributed by atoms with Gasteiger partial charge in [-0.05, 0) is 83.6 Å². The molecule has 2 aromatic heterocycles. The highest BCUT2D eigenvalue weighted by Gasteiger charge is 2.45. The molecule has 0 aliphatic carbocycles. The third kappa shape index (κ3) is 8.32. The molecule has 2 atom stereocenters. The minimum absolute atomic E-state index is 0.00475. The van der Waals surface area contributed by atoms with Crippen molar-refractivity contribution in [3.05, 3.63) is 136 Å². The Labute approximate surface area is 392 Å². The predicted molar refractivity (Wildman–Crippen MR) is 250 cm³/mol. The second kappa shape index (κ2) is 19.0. The van der Waals surface area contributed by atoms with Crippen molar-refractivity contribution in [2.45, 2.75) is 77.8 Å². The lowest BCUT2D eigenvalue weighted by Crippen LogP contribution is -2.61. The topological polar surface area (TPSA) is 199 Å². The fraction of sp³-hybridized carbons (Fsp3) is 0.333. The Kier molecular flexibility index (Phi) is 12.8. The molecule has 0 radical (unpaired) electrons. The van der Waals surface area contributed by atoms with Crippen LogP contribution in [-0.2, 0) is 58.2 Å². The van der Waals surface area contributed by atoms with E-state index in [0.717, 1.165) is 74.0 Å². The first-order chi connectivity index (χ1) is 33.0. The summed E-state index contributed by atoms with van der Waals surface area (Å²) >= 11 is 0. The third-order valence-corrected chi connectivity index (χ3v) is 13.7. The van der Waals surface area contributed by atoms with Crippen molar-refractivity contribution >= 4 is 57.2 Å². The Morgan fingerprint density at radius 1 is 0.603 bits per heavy atom. The van der Waals surface area contributed by atoms with E-state index in [4.69, 9.17) is 15.2 Å². The fourth-order valence-corrected chi connectivity index (χ4v) is 10.3. The summed E-state index contributed by atoms with van der Waals surface area (Å²) in [5.74, 6) is -0.365. The molecule has 10 rings (SSSR count). The number of ether oxygens (including phenoxy) is 1. The van der Waals surface area contributed by atoms with Crippen molar-refractivity contribution < 1.29 is 43.9 Å². The molecule has 2 saturated heterocycles. The zero-order chi connectivity index (χ0) is 47.8. The number of benzene rings is 4. The molecular weight excluding hydrogens is 869 g/mol. The molecule has 17 heteroatoms. The van der Waals surface area contributed by atoms with E-state index in [1.165, 1.54) is 0 Å². The number of carbonyl (C=O) groups is 6. The van der Waals surface area contributed by atoms with Gasteiger partial charge in [-0.15, -0.1) is 0 Å². The van der Waals surface area contributed by atoms with Crippen molar-refractivity contribution in [2.75, 3.05) is 33.3 Å². The van der Waals surface area contributed by atoms with E-state index >= 15 is 0 Å². The Bertz CT molecular complexity index is 2960. The van der Waals surface area contributed by atoms with Gasteiger partial charge in [-0.3, -0.25) is 39.2 Å². The largest absolute Gasteiger partial charge is 0.497 e. The van der Waals surface area contributed by atoms with Gasteiger partial charge in [-0.25, -0.2) is 11.0 Å². The summed E-state index contributed by atoms with van der Waals surface area (Å²) in [6.07, 6.45) is 2.62. The summed E-state index contributed by atoms with van der Waals surface area (Å²) in [4.78, 5) is 82.5. The van der Waals surface area contributed by atoms with E-state index in [1.54, 1.807) is 61.9 Å². The number of hydrogen-bond donors (Lipinski definition) is 4. The van der Waals surface area contributed by atoms with Crippen molar-refractivity contribution in [2.24, 2.45) is 0 Å². The average Bonchev–Trinajstić information content (AvgIpc) is 3.83. The van der Waals surface area contributed by atoms with Crippen LogP contribution in [0.5, 0.6) is 5.75 Å². The first kappa shape index (κ1) is 45.6. The third-order valence-electron chi connectivity index (χ3n) is 13.7. The van der Waals surface area contributed by atoms with Gasteiger partial charge in [0.15, 0.2) is 0 Å². The van der Waals surface area contributed by atoms with Crippen LogP contribution in [0, 0.1) is 0 Å². The minimum atomic E-state index is -0.566. The maximum atomic E-state index is 13.2. The minimum Gasteiger partial charge on any atom is -0.497 e. The predicted octanol–water partition coefficient (Wildman–Crippen LogP) is 4.64. The van der Waals surface area contributed by atoms with Crippen LogP contribution >= 0.6 is 0 Å². The highest BCUT2D eigenvalue weighted by atomic mass is 16.5. The molecule has 6 aromatic rings. The standard InChI is InChI=1S/C26H28N4O5.C25H26N4O4/c1-3-10-28-15-24(31)30-14-23-20(12-22(30)26(28)33)19-11-18(35-2)8-9-21(19)29(23)13-16-4-6-17(7-5-16)25(32)27-34;1-2-11-27-15-23(30)29-14-22-19(12-21(29)25(27)32)18-5-3-4-6-20(18)28(22)13-16-7-9-17(10-8-16)24(31)26-33/h4-9,11,22,34H,3,10,12-15H2,1-2H3,(H,27,32);3-10,21,33H,2,11-15H2,1H3,(H,26,31). The van der Waals surface area contributed by atoms with Gasteiger partial charge in [-0.2, -0.15) is 0 Å². The molecule has 0 bridgehead atoms. The maximum absolute atomic E-state index is 13.2. The van der Waals surface area contributed by atoms with E-state index < -0.39 is 23.9 Å². The maximum Gasteiger partial charge on any atom is 0.274 e. The van der Waals surface area contributed by atoms with Crippen LogP contribution < -0.4 is 15.7 Å². The summed E-state index contributed by atoms with van der Waals surface area (Å²) in [5.41, 5.74) is 12.3.